The monoisotopic (exact) mass is 362 g/mol. The molecule has 0 radical (unpaired) electrons. The van der Waals surface area contributed by atoms with Gasteiger partial charge in [-0.05, 0) is 37.3 Å². The van der Waals surface area contributed by atoms with E-state index >= 15 is 0 Å². The van der Waals surface area contributed by atoms with Crippen LogP contribution >= 0.6 is 0 Å². The molecule has 1 atom stereocenters. The molecule has 3 rings (SSSR count). The lowest BCUT2D eigenvalue weighted by Crippen LogP contribution is -2.28. The fraction of sp³-hybridized carbons (Fsp3) is 0.263. The largest absolute Gasteiger partial charge is 0.416 e. The first-order valence-corrected chi connectivity index (χ1v) is 8.09. The molecular formula is C19H17F3N2O2. The second-order valence-corrected chi connectivity index (χ2v) is 6.31. The van der Waals surface area contributed by atoms with E-state index in [1.807, 2.05) is 19.1 Å². The SMILES string of the molecule is Cc1ccc(N2C[C@H](C(=O)Nc3cccc(C(F)(F)F)c3)CC2=O)cc1. The third kappa shape index (κ3) is 3.87. The summed E-state index contributed by atoms with van der Waals surface area (Å²) < 4.78 is 38.3. The molecule has 0 aromatic heterocycles. The van der Waals surface area contributed by atoms with Gasteiger partial charge in [0.1, 0.15) is 0 Å². The van der Waals surface area contributed by atoms with E-state index in [4.69, 9.17) is 0 Å². The zero-order chi connectivity index (χ0) is 18.9. The lowest BCUT2D eigenvalue weighted by molar-refractivity contribution is -0.137. The van der Waals surface area contributed by atoms with E-state index in [9.17, 15) is 22.8 Å². The molecule has 1 aliphatic heterocycles. The summed E-state index contributed by atoms with van der Waals surface area (Å²) in [5.74, 6) is -1.26. The third-order valence-electron chi connectivity index (χ3n) is 4.30. The number of alkyl halides is 3. The highest BCUT2D eigenvalue weighted by molar-refractivity contribution is 6.03. The Morgan fingerprint density at radius 3 is 2.50 bits per heavy atom. The summed E-state index contributed by atoms with van der Waals surface area (Å²) in [6.07, 6.45) is -4.45. The summed E-state index contributed by atoms with van der Waals surface area (Å²) in [7, 11) is 0. The summed E-state index contributed by atoms with van der Waals surface area (Å²) >= 11 is 0. The number of amides is 2. The Balaban J connectivity index is 1.70. The van der Waals surface area contributed by atoms with Crippen molar-refractivity contribution in [1.82, 2.24) is 0 Å². The van der Waals surface area contributed by atoms with Crippen LogP contribution in [0.25, 0.3) is 0 Å². The summed E-state index contributed by atoms with van der Waals surface area (Å²) in [6.45, 7) is 2.13. The maximum absolute atomic E-state index is 12.8. The Labute approximate surface area is 148 Å². The van der Waals surface area contributed by atoms with Gasteiger partial charge in [0.25, 0.3) is 0 Å². The van der Waals surface area contributed by atoms with Gasteiger partial charge in [-0.2, -0.15) is 13.2 Å². The van der Waals surface area contributed by atoms with Gasteiger partial charge in [-0.15, -0.1) is 0 Å². The van der Waals surface area contributed by atoms with Crippen LogP contribution < -0.4 is 10.2 Å². The van der Waals surface area contributed by atoms with E-state index in [1.54, 1.807) is 12.1 Å². The van der Waals surface area contributed by atoms with Crippen molar-refractivity contribution < 1.29 is 22.8 Å². The van der Waals surface area contributed by atoms with Crippen LogP contribution in [0.3, 0.4) is 0 Å². The molecule has 0 spiro atoms. The molecule has 2 aromatic rings. The van der Waals surface area contributed by atoms with E-state index in [0.717, 1.165) is 17.7 Å². The number of nitrogens with zero attached hydrogens (tertiary/aromatic N) is 1. The van der Waals surface area contributed by atoms with Crippen LogP contribution in [-0.2, 0) is 15.8 Å². The van der Waals surface area contributed by atoms with E-state index < -0.39 is 23.6 Å². The fourth-order valence-corrected chi connectivity index (χ4v) is 2.88. The van der Waals surface area contributed by atoms with Gasteiger partial charge in [-0.3, -0.25) is 9.59 Å². The predicted octanol–water partition coefficient (Wildman–Crippen LogP) is 4.01. The molecule has 1 aliphatic rings. The van der Waals surface area contributed by atoms with Gasteiger partial charge < -0.3 is 10.2 Å². The highest BCUT2D eigenvalue weighted by Gasteiger charge is 2.35. The molecular weight excluding hydrogens is 345 g/mol. The average Bonchev–Trinajstić information content (AvgIpc) is 2.97. The third-order valence-corrected chi connectivity index (χ3v) is 4.30. The number of hydrogen-bond donors (Lipinski definition) is 1. The molecule has 0 bridgehead atoms. The number of carbonyl (C=O) groups is 2. The number of anilines is 2. The van der Waals surface area contributed by atoms with Crippen LogP contribution in [0.1, 0.15) is 17.5 Å². The molecule has 2 aromatic carbocycles. The minimum atomic E-state index is -4.48. The van der Waals surface area contributed by atoms with Crippen molar-refractivity contribution in [2.75, 3.05) is 16.8 Å². The van der Waals surface area contributed by atoms with Crippen LogP contribution in [0, 0.1) is 12.8 Å². The first kappa shape index (κ1) is 18.0. The fourth-order valence-electron chi connectivity index (χ4n) is 2.88. The Morgan fingerprint density at radius 1 is 1.15 bits per heavy atom. The maximum atomic E-state index is 12.8. The van der Waals surface area contributed by atoms with Crippen molar-refractivity contribution in [3.63, 3.8) is 0 Å². The quantitative estimate of drug-likeness (QED) is 0.897. The first-order valence-electron chi connectivity index (χ1n) is 8.09. The topological polar surface area (TPSA) is 49.4 Å². The molecule has 1 heterocycles. The Hall–Kier alpha value is -2.83. The highest BCUT2D eigenvalue weighted by atomic mass is 19.4. The molecule has 4 nitrogen and oxygen atoms in total. The number of nitrogens with one attached hydrogen (secondary N) is 1. The van der Waals surface area contributed by atoms with Crippen LogP contribution in [0.4, 0.5) is 24.5 Å². The van der Waals surface area contributed by atoms with Gasteiger partial charge >= 0.3 is 6.18 Å². The second kappa shape index (κ2) is 6.82. The zero-order valence-corrected chi connectivity index (χ0v) is 14.0. The van der Waals surface area contributed by atoms with E-state index in [-0.39, 0.29) is 24.6 Å². The Morgan fingerprint density at radius 2 is 1.85 bits per heavy atom. The standard InChI is InChI=1S/C19H17F3N2O2/c1-12-5-7-16(8-6-12)24-11-13(9-17(24)25)18(26)23-15-4-2-3-14(10-15)19(20,21)22/h2-8,10,13H,9,11H2,1H3,(H,23,26)/t13-/m1/s1. The van der Waals surface area contributed by atoms with Crippen LogP contribution in [0.15, 0.2) is 48.5 Å². The van der Waals surface area contributed by atoms with Gasteiger partial charge in [0.15, 0.2) is 0 Å². The number of benzene rings is 2. The Bertz CT molecular complexity index is 831. The number of hydrogen-bond acceptors (Lipinski definition) is 2. The van der Waals surface area contributed by atoms with Crippen molar-refractivity contribution in [3.8, 4) is 0 Å². The molecule has 1 fully saturated rings. The minimum Gasteiger partial charge on any atom is -0.326 e. The van der Waals surface area contributed by atoms with Crippen molar-refractivity contribution in [2.24, 2.45) is 5.92 Å². The van der Waals surface area contributed by atoms with Crippen molar-refractivity contribution in [3.05, 3.63) is 59.7 Å². The summed E-state index contributed by atoms with van der Waals surface area (Å²) in [5.41, 5.74) is 0.986. The summed E-state index contributed by atoms with van der Waals surface area (Å²) in [4.78, 5) is 26.1. The molecule has 26 heavy (non-hydrogen) atoms. The van der Waals surface area contributed by atoms with Gasteiger partial charge in [0.2, 0.25) is 11.8 Å². The smallest absolute Gasteiger partial charge is 0.326 e. The first-order chi connectivity index (χ1) is 12.2. The lowest BCUT2D eigenvalue weighted by Gasteiger charge is -2.17. The van der Waals surface area contributed by atoms with E-state index in [1.165, 1.54) is 17.0 Å². The number of carbonyl (C=O) groups excluding carboxylic acids is 2. The van der Waals surface area contributed by atoms with Crippen LogP contribution in [0.5, 0.6) is 0 Å². The van der Waals surface area contributed by atoms with Crippen molar-refractivity contribution in [2.45, 2.75) is 19.5 Å². The minimum absolute atomic E-state index is 0.0265. The molecule has 0 saturated carbocycles. The Kier molecular flexibility index (Phi) is 4.71. The zero-order valence-electron chi connectivity index (χ0n) is 14.0. The van der Waals surface area contributed by atoms with E-state index in [2.05, 4.69) is 5.32 Å². The normalized spacial score (nSPS) is 17.5. The van der Waals surface area contributed by atoms with Crippen molar-refractivity contribution >= 4 is 23.2 Å². The maximum Gasteiger partial charge on any atom is 0.416 e. The summed E-state index contributed by atoms with van der Waals surface area (Å²) in [6, 6.07) is 11.8. The second-order valence-electron chi connectivity index (χ2n) is 6.31. The average molecular weight is 362 g/mol. The molecule has 1 saturated heterocycles. The van der Waals surface area contributed by atoms with Crippen LogP contribution in [0.2, 0.25) is 0 Å². The summed E-state index contributed by atoms with van der Waals surface area (Å²) in [5, 5.41) is 2.48. The molecule has 0 unspecified atom stereocenters. The lowest BCUT2D eigenvalue weighted by atomic mass is 10.1. The van der Waals surface area contributed by atoms with Crippen LogP contribution in [-0.4, -0.2) is 18.4 Å². The van der Waals surface area contributed by atoms with Gasteiger partial charge in [0.05, 0.1) is 11.5 Å². The van der Waals surface area contributed by atoms with Gasteiger partial charge in [-0.25, -0.2) is 0 Å². The van der Waals surface area contributed by atoms with E-state index in [0.29, 0.717) is 5.69 Å². The van der Waals surface area contributed by atoms with Gasteiger partial charge in [-0.1, -0.05) is 23.8 Å². The number of rotatable bonds is 3. The molecule has 7 heteroatoms. The predicted molar refractivity (Wildman–Crippen MR) is 91.7 cm³/mol. The highest BCUT2D eigenvalue weighted by Crippen LogP contribution is 2.31. The van der Waals surface area contributed by atoms with Gasteiger partial charge in [0, 0.05) is 24.3 Å². The number of aryl methyl sites for hydroxylation is 1. The molecule has 0 aliphatic carbocycles. The number of halogens is 3. The molecule has 1 N–H and O–H groups in total. The molecule has 136 valence electrons. The molecule has 2 amide bonds. The van der Waals surface area contributed by atoms with Crippen molar-refractivity contribution in [1.29, 1.82) is 0 Å².